The van der Waals surface area contributed by atoms with Crippen molar-refractivity contribution in [1.29, 1.82) is 0 Å². The second kappa shape index (κ2) is 7.26. The lowest BCUT2D eigenvalue weighted by Crippen LogP contribution is -2.46. The predicted octanol–water partition coefficient (Wildman–Crippen LogP) is 3.50. The van der Waals surface area contributed by atoms with Gasteiger partial charge in [0.15, 0.2) is 0 Å². The standard InChI is InChI=1S/C18H16F3N3O3/c19-18(20,21)13-8-14(10-22-9-13)23-15(25)17(6-7-17)24-16(26)27-11-12-4-2-1-3-5-12/h1-5,8-10H,6-7,11H2,(H,23,25)(H,24,26). The lowest BCUT2D eigenvalue weighted by molar-refractivity contribution is -0.137. The Morgan fingerprint density at radius 1 is 1.15 bits per heavy atom. The summed E-state index contributed by atoms with van der Waals surface area (Å²) in [7, 11) is 0. The number of halogens is 3. The molecule has 0 aliphatic heterocycles. The van der Waals surface area contributed by atoms with Crippen molar-refractivity contribution >= 4 is 17.7 Å². The lowest BCUT2D eigenvalue weighted by atomic mass is 10.2. The van der Waals surface area contributed by atoms with Crippen LogP contribution in [0.5, 0.6) is 0 Å². The van der Waals surface area contributed by atoms with E-state index in [1.807, 2.05) is 6.07 Å². The average molecular weight is 379 g/mol. The Balaban J connectivity index is 1.57. The van der Waals surface area contributed by atoms with Crippen molar-refractivity contribution in [3.8, 4) is 0 Å². The number of amides is 2. The highest BCUT2D eigenvalue weighted by Crippen LogP contribution is 2.37. The van der Waals surface area contributed by atoms with E-state index in [9.17, 15) is 22.8 Å². The number of hydrogen-bond acceptors (Lipinski definition) is 4. The summed E-state index contributed by atoms with van der Waals surface area (Å²) in [4.78, 5) is 27.8. The summed E-state index contributed by atoms with van der Waals surface area (Å²) in [5.74, 6) is -0.611. The number of pyridine rings is 1. The number of benzene rings is 1. The summed E-state index contributed by atoms with van der Waals surface area (Å²) in [5.41, 5.74) is -1.46. The van der Waals surface area contributed by atoms with Crippen LogP contribution in [0, 0.1) is 0 Å². The fraction of sp³-hybridized carbons (Fsp3) is 0.278. The van der Waals surface area contributed by atoms with Gasteiger partial charge in [0.05, 0.1) is 17.4 Å². The van der Waals surface area contributed by atoms with Gasteiger partial charge in [-0.3, -0.25) is 9.78 Å². The van der Waals surface area contributed by atoms with Gasteiger partial charge in [0.1, 0.15) is 12.1 Å². The molecule has 1 saturated carbocycles. The molecule has 0 saturated heterocycles. The highest BCUT2D eigenvalue weighted by Gasteiger charge is 2.51. The van der Waals surface area contributed by atoms with E-state index in [0.29, 0.717) is 19.0 Å². The maximum Gasteiger partial charge on any atom is 0.417 e. The fourth-order valence-corrected chi connectivity index (χ4v) is 2.40. The summed E-state index contributed by atoms with van der Waals surface area (Å²) in [6.07, 6.45) is -2.82. The molecule has 1 aliphatic carbocycles. The van der Waals surface area contributed by atoms with Crippen LogP contribution in [0.4, 0.5) is 23.7 Å². The van der Waals surface area contributed by atoms with E-state index in [4.69, 9.17) is 4.74 Å². The first kappa shape index (κ1) is 18.7. The molecule has 1 heterocycles. The zero-order valence-electron chi connectivity index (χ0n) is 14.0. The molecule has 1 fully saturated rings. The first-order valence-corrected chi connectivity index (χ1v) is 8.11. The molecule has 0 spiro atoms. The first-order valence-electron chi connectivity index (χ1n) is 8.11. The van der Waals surface area contributed by atoms with Crippen LogP contribution in [0.15, 0.2) is 48.8 Å². The van der Waals surface area contributed by atoms with E-state index >= 15 is 0 Å². The Kier molecular flexibility index (Phi) is 5.02. The summed E-state index contributed by atoms with van der Waals surface area (Å²) in [5, 5.41) is 4.85. The number of anilines is 1. The van der Waals surface area contributed by atoms with Crippen molar-refractivity contribution in [2.24, 2.45) is 0 Å². The van der Waals surface area contributed by atoms with Gasteiger partial charge in [-0.1, -0.05) is 30.3 Å². The van der Waals surface area contributed by atoms with Gasteiger partial charge in [-0.2, -0.15) is 13.2 Å². The van der Waals surface area contributed by atoms with Crippen LogP contribution in [0.2, 0.25) is 0 Å². The van der Waals surface area contributed by atoms with Crippen LogP contribution in [0.25, 0.3) is 0 Å². The van der Waals surface area contributed by atoms with Gasteiger partial charge in [0.25, 0.3) is 0 Å². The van der Waals surface area contributed by atoms with Crippen molar-refractivity contribution in [3.05, 3.63) is 59.9 Å². The van der Waals surface area contributed by atoms with Crippen LogP contribution < -0.4 is 10.6 Å². The van der Waals surface area contributed by atoms with E-state index in [-0.39, 0.29) is 12.3 Å². The van der Waals surface area contributed by atoms with E-state index in [1.54, 1.807) is 24.3 Å². The largest absolute Gasteiger partial charge is 0.445 e. The first-order chi connectivity index (χ1) is 12.8. The molecule has 2 N–H and O–H groups in total. The summed E-state index contributed by atoms with van der Waals surface area (Å²) in [6, 6.07) is 9.79. The van der Waals surface area contributed by atoms with Gasteiger partial charge in [0, 0.05) is 6.20 Å². The zero-order chi connectivity index (χ0) is 19.5. The lowest BCUT2D eigenvalue weighted by Gasteiger charge is -2.17. The molecule has 27 heavy (non-hydrogen) atoms. The molecule has 2 amide bonds. The van der Waals surface area contributed by atoms with Crippen LogP contribution in [-0.4, -0.2) is 22.5 Å². The SMILES string of the molecule is O=C(NC1(C(=O)Nc2cncc(C(F)(F)F)c2)CC1)OCc1ccccc1. The molecule has 2 aromatic rings. The molecule has 0 radical (unpaired) electrons. The number of alkyl carbamates (subject to hydrolysis) is 1. The Labute approximate surface area is 152 Å². The van der Waals surface area contributed by atoms with Crippen molar-refractivity contribution in [2.75, 3.05) is 5.32 Å². The van der Waals surface area contributed by atoms with E-state index < -0.39 is 29.3 Å². The molecule has 0 bridgehead atoms. The van der Waals surface area contributed by atoms with E-state index in [1.165, 1.54) is 0 Å². The smallest absolute Gasteiger partial charge is 0.417 e. The molecule has 1 aromatic carbocycles. The number of nitrogens with one attached hydrogen (secondary N) is 2. The fourth-order valence-electron chi connectivity index (χ4n) is 2.40. The normalized spacial score (nSPS) is 14.9. The number of nitrogens with zero attached hydrogens (tertiary/aromatic N) is 1. The maximum atomic E-state index is 12.7. The average Bonchev–Trinajstić information content (AvgIpc) is 3.41. The molecule has 0 atom stereocenters. The van der Waals surface area contributed by atoms with Crippen LogP contribution in [0.3, 0.4) is 0 Å². The minimum atomic E-state index is -4.56. The van der Waals surface area contributed by atoms with Crippen molar-refractivity contribution < 1.29 is 27.5 Å². The Hall–Kier alpha value is -3.10. The molecule has 0 unspecified atom stereocenters. The molecule has 142 valence electrons. The van der Waals surface area contributed by atoms with Gasteiger partial charge < -0.3 is 15.4 Å². The van der Waals surface area contributed by atoms with Gasteiger partial charge in [-0.05, 0) is 24.5 Å². The summed E-state index contributed by atoms with van der Waals surface area (Å²) < 4.78 is 43.2. The third-order valence-electron chi connectivity index (χ3n) is 4.06. The van der Waals surface area contributed by atoms with E-state index in [2.05, 4.69) is 15.6 Å². The minimum absolute atomic E-state index is 0.0436. The van der Waals surface area contributed by atoms with Gasteiger partial charge in [-0.25, -0.2) is 4.79 Å². The monoisotopic (exact) mass is 379 g/mol. The zero-order valence-corrected chi connectivity index (χ0v) is 14.0. The van der Waals surface area contributed by atoms with Gasteiger partial charge in [-0.15, -0.1) is 0 Å². The quantitative estimate of drug-likeness (QED) is 0.833. The van der Waals surface area contributed by atoms with E-state index in [0.717, 1.165) is 17.8 Å². The van der Waals surface area contributed by atoms with Crippen molar-refractivity contribution in [3.63, 3.8) is 0 Å². The van der Waals surface area contributed by atoms with Crippen molar-refractivity contribution in [1.82, 2.24) is 10.3 Å². The topological polar surface area (TPSA) is 80.3 Å². The highest BCUT2D eigenvalue weighted by molar-refractivity contribution is 6.02. The second-order valence-corrected chi connectivity index (χ2v) is 6.18. The van der Waals surface area contributed by atoms with Crippen LogP contribution in [0.1, 0.15) is 24.0 Å². The second-order valence-electron chi connectivity index (χ2n) is 6.18. The molecule has 9 heteroatoms. The molecule has 6 nitrogen and oxygen atoms in total. The third-order valence-corrected chi connectivity index (χ3v) is 4.06. The van der Waals surface area contributed by atoms with Crippen LogP contribution >= 0.6 is 0 Å². The van der Waals surface area contributed by atoms with Crippen LogP contribution in [-0.2, 0) is 22.3 Å². The highest BCUT2D eigenvalue weighted by atomic mass is 19.4. The Morgan fingerprint density at radius 3 is 2.48 bits per heavy atom. The summed E-state index contributed by atoms with van der Waals surface area (Å²) >= 11 is 0. The molecule has 3 rings (SSSR count). The Bertz CT molecular complexity index is 836. The number of hydrogen-bond donors (Lipinski definition) is 2. The van der Waals surface area contributed by atoms with Gasteiger partial charge in [0.2, 0.25) is 5.91 Å². The third kappa shape index (κ3) is 4.75. The molecular formula is C18H16F3N3O3. The maximum absolute atomic E-state index is 12.7. The number of alkyl halides is 3. The number of aromatic nitrogens is 1. The number of rotatable bonds is 5. The predicted molar refractivity (Wildman–Crippen MR) is 89.6 cm³/mol. The number of carbonyl (C=O) groups excluding carboxylic acids is 2. The number of ether oxygens (including phenoxy) is 1. The van der Waals surface area contributed by atoms with Gasteiger partial charge >= 0.3 is 12.3 Å². The Morgan fingerprint density at radius 2 is 1.85 bits per heavy atom. The minimum Gasteiger partial charge on any atom is -0.445 e. The van der Waals surface area contributed by atoms with Crippen molar-refractivity contribution in [2.45, 2.75) is 31.2 Å². The molecule has 1 aliphatic rings. The molecular weight excluding hydrogens is 363 g/mol. The molecule has 1 aromatic heterocycles. The number of carbonyl (C=O) groups is 2. The summed E-state index contributed by atoms with van der Waals surface area (Å²) in [6.45, 7) is 0.0436.